The lowest BCUT2D eigenvalue weighted by atomic mass is 10.1. The van der Waals surface area contributed by atoms with Crippen LogP contribution >= 0.6 is 15.9 Å². The second kappa shape index (κ2) is 6.46. The van der Waals surface area contributed by atoms with Crippen LogP contribution in [0.4, 0.5) is 4.39 Å². The minimum Gasteiger partial charge on any atom is -0.506 e. The summed E-state index contributed by atoms with van der Waals surface area (Å²) in [7, 11) is 1.61. The molecule has 0 radical (unpaired) electrons. The van der Waals surface area contributed by atoms with Gasteiger partial charge in [-0.15, -0.1) is 0 Å². The average Bonchev–Trinajstić information content (AvgIpc) is 2.96. The molecule has 130 valence electrons. The van der Waals surface area contributed by atoms with Crippen molar-refractivity contribution < 1.29 is 14.2 Å². The lowest BCUT2D eigenvalue weighted by molar-refractivity contribution is 0.415. The van der Waals surface area contributed by atoms with E-state index in [1.807, 2.05) is 28.8 Å². The highest BCUT2D eigenvalue weighted by Crippen LogP contribution is 2.43. The Morgan fingerprint density at radius 1 is 1.04 bits per heavy atom. The number of aromatic hydroxyl groups is 1. The quantitative estimate of drug-likeness (QED) is 0.495. The number of fused-ring (bicyclic) bond motifs is 1. The van der Waals surface area contributed by atoms with Crippen molar-refractivity contribution in [3.63, 3.8) is 0 Å². The van der Waals surface area contributed by atoms with Crippen LogP contribution in [0.5, 0.6) is 11.5 Å². The second-order valence-electron chi connectivity index (χ2n) is 5.76. The third-order valence-electron chi connectivity index (χ3n) is 4.25. The fraction of sp³-hybridized carbons (Fsp3) is 0.0500. The van der Waals surface area contributed by atoms with Gasteiger partial charge in [0.2, 0.25) is 0 Å². The largest absolute Gasteiger partial charge is 0.506 e. The fourth-order valence-corrected chi connectivity index (χ4v) is 3.85. The van der Waals surface area contributed by atoms with Gasteiger partial charge in [-0.2, -0.15) is 0 Å². The van der Waals surface area contributed by atoms with Crippen LogP contribution in [-0.4, -0.2) is 21.8 Å². The first-order valence-corrected chi connectivity index (χ1v) is 8.66. The molecule has 0 spiro atoms. The van der Waals surface area contributed by atoms with E-state index in [9.17, 15) is 9.50 Å². The van der Waals surface area contributed by atoms with Crippen molar-refractivity contribution in [1.82, 2.24) is 9.55 Å². The molecular weight excluding hydrogens is 399 g/mol. The van der Waals surface area contributed by atoms with Gasteiger partial charge in [-0.05, 0) is 70.0 Å². The Hall–Kier alpha value is -2.86. The molecule has 0 saturated carbocycles. The molecule has 26 heavy (non-hydrogen) atoms. The lowest BCUT2D eigenvalue weighted by Gasteiger charge is -2.12. The maximum atomic E-state index is 13.4. The Labute approximate surface area is 157 Å². The molecule has 0 aliphatic heterocycles. The molecule has 6 heteroatoms. The van der Waals surface area contributed by atoms with Crippen molar-refractivity contribution in [3.8, 4) is 28.4 Å². The fourth-order valence-electron chi connectivity index (χ4n) is 3.03. The number of hydrogen-bond acceptors (Lipinski definition) is 3. The van der Waals surface area contributed by atoms with Gasteiger partial charge in [-0.1, -0.05) is 0 Å². The first-order valence-electron chi connectivity index (χ1n) is 7.87. The summed E-state index contributed by atoms with van der Waals surface area (Å²) < 4.78 is 21.3. The molecule has 0 aliphatic rings. The highest BCUT2D eigenvalue weighted by molar-refractivity contribution is 9.10. The maximum absolute atomic E-state index is 13.4. The van der Waals surface area contributed by atoms with Crippen molar-refractivity contribution in [2.24, 2.45) is 0 Å². The average molecular weight is 413 g/mol. The Balaban J connectivity index is 2.07. The molecule has 4 rings (SSSR count). The SMILES string of the molecule is COc1ccc(-n2c(-c3ccc(F)cc3)c(Br)c3c(O)cncc32)cc1. The topological polar surface area (TPSA) is 47.3 Å². The Bertz CT molecular complexity index is 1090. The molecule has 0 fully saturated rings. The predicted octanol–water partition coefficient (Wildman–Crippen LogP) is 5.31. The highest BCUT2D eigenvalue weighted by atomic mass is 79.9. The van der Waals surface area contributed by atoms with Gasteiger partial charge >= 0.3 is 0 Å². The van der Waals surface area contributed by atoms with Crippen LogP contribution in [0.15, 0.2) is 65.4 Å². The summed E-state index contributed by atoms with van der Waals surface area (Å²) in [5.41, 5.74) is 3.22. The zero-order valence-corrected chi connectivity index (χ0v) is 15.4. The lowest BCUT2D eigenvalue weighted by Crippen LogP contribution is -1.97. The van der Waals surface area contributed by atoms with Crippen LogP contribution < -0.4 is 4.74 Å². The number of halogens is 2. The summed E-state index contributed by atoms with van der Waals surface area (Å²) >= 11 is 3.61. The third-order valence-corrected chi connectivity index (χ3v) is 5.02. The number of hydrogen-bond donors (Lipinski definition) is 1. The minimum atomic E-state index is -0.304. The standard InChI is InChI=1S/C20H14BrFN2O2/c1-26-15-8-6-14(7-9-15)24-16-10-23-11-17(25)18(16)19(21)20(24)12-2-4-13(22)5-3-12/h2-11,25H,1H3. The monoisotopic (exact) mass is 412 g/mol. The van der Waals surface area contributed by atoms with Crippen LogP contribution in [-0.2, 0) is 0 Å². The summed E-state index contributed by atoms with van der Waals surface area (Å²) in [6.07, 6.45) is 3.09. The number of ether oxygens (including phenoxy) is 1. The van der Waals surface area contributed by atoms with E-state index in [0.717, 1.165) is 32.7 Å². The van der Waals surface area contributed by atoms with E-state index in [2.05, 4.69) is 20.9 Å². The number of nitrogens with zero attached hydrogens (tertiary/aromatic N) is 2. The summed E-state index contributed by atoms with van der Waals surface area (Å²) in [5, 5.41) is 11.0. The molecule has 2 heterocycles. The van der Waals surface area contributed by atoms with E-state index >= 15 is 0 Å². The van der Waals surface area contributed by atoms with Gasteiger partial charge < -0.3 is 14.4 Å². The van der Waals surface area contributed by atoms with Gasteiger partial charge in [0, 0.05) is 5.69 Å². The molecule has 0 bridgehead atoms. The van der Waals surface area contributed by atoms with Gasteiger partial charge in [-0.25, -0.2) is 4.39 Å². The normalized spacial score (nSPS) is 11.0. The molecule has 1 N–H and O–H groups in total. The zero-order valence-electron chi connectivity index (χ0n) is 13.8. The van der Waals surface area contributed by atoms with Crippen molar-refractivity contribution in [1.29, 1.82) is 0 Å². The minimum absolute atomic E-state index is 0.0741. The molecule has 0 atom stereocenters. The van der Waals surface area contributed by atoms with E-state index in [1.54, 1.807) is 25.4 Å². The Kier molecular flexibility index (Phi) is 4.12. The zero-order chi connectivity index (χ0) is 18.3. The number of methoxy groups -OCH3 is 1. The molecule has 4 aromatic rings. The third kappa shape index (κ3) is 2.63. The molecule has 2 aromatic heterocycles. The van der Waals surface area contributed by atoms with Gasteiger partial charge in [-0.3, -0.25) is 4.98 Å². The van der Waals surface area contributed by atoms with E-state index in [1.165, 1.54) is 18.3 Å². The summed E-state index contributed by atoms with van der Waals surface area (Å²) in [5.74, 6) is 0.514. The maximum Gasteiger partial charge on any atom is 0.144 e. The molecule has 2 aromatic carbocycles. The van der Waals surface area contributed by atoms with Crippen LogP contribution in [0.25, 0.3) is 27.8 Å². The van der Waals surface area contributed by atoms with Gasteiger partial charge in [0.1, 0.15) is 17.3 Å². The Morgan fingerprint density at radius 3 is 2.38 bits per heavy atom. The summed E-state index contributed by atoms with van der Waals surface area (Å²) in [6.45, 7) is 0. The molecule has 0 amide bonds. The smallest absolute Gasteiger partial charge is 0.144 e. The summed E-state index contributed by atoms with van der Waals surface area (Å²) in [6, 6.07) is 13.8. The number of aromatic nitrogens is 2. The van der Waals surface area contributed by atoms with E-state index in [-0.39, 0.29) is 11.6 Å². The number of rotatable bonds is 3. The van der Waals surface area contributed by atoms with Crippen LogP contribution in [0.2, 0.25) is 0 Å². The molecule has 0 saturated heterocycles. The van der Waals surface area contributed by atoms with Crippen molar-refractivity contribution >= 4 is 26.8 Å². The van der Waals surface area contributed by atoms with Crippen LogP contribution in [0, 0.1) is 5.82 Å². The Morgan fingerprint density at radius 2 is 1.73 bits per heavy atom. The van der Waals surface area contributed by atoms with Crippen molar-refractivity contribution in [2.75, 3.05) is 7.11 Å². The van der Waals surface area contributed by atoms with E-state index in [4.69, 9.17) is 4.74 Å². The van der Waals surface area contributed by atoms with Gasteiger partial charge in [0.25, 0.3) is 0 Å². The van der Waals surface area contributed by atoms with E-state index < -0.39 is 0 Å². The second-order valence-corrected chi connectivity index (χ2v) is 6.55. The first-order chi connectivity index (χ1) is 12.6. The molecule has 0 unspecified atom stereocenters. The van der Waals surface area contributed by atoms with Crippen molar-refractivity contribution in [3.05, 3.63) is 71.2 Å². The number of pyridine rings is 1. The number of benzene rings is 2. The molecular formula is C20H14BrFN2O2. The molecule has 0 aliphatic carbocycles. The van der Waals surface area contributed by atoms with Gasteiger partial charge in [0.05, 0.1) is 40.6 Å². The van der Waals surface area contributed by atoms with E-state index in [0.29, 0.717) is 5.39 Å². The van der Waals surface area contributed by atoms with Gasteiger partial charge in [0.15, 0.2) is 0 Å². The predicted molar refractivity (Wildman–Crippen MR) is 102 cm³/mol. The highest BCUT2D eigenvalue weighted by Gasteiger charge is 2.21. The summed E-state index contributed by atoms with van der Waals surface area (Å²) in [4.78, 5) is 4.12. The van der Waals surface area contributed by atoms with Crippen molar-refractivity contribution in [2.45, 2.75) is 0 Å². The first kappa shape index (κ1) is 16.6. The van der Waals surface area contributed by atoms with Crippen LogP contribution in [0.1, 0.15) is 0 Å². The van der Waals surface area contributed by atoms with Crippen LogP contribution in [0.3, 0.4) is 0 Å². The molecule has 4 nitrogen and oxygen atoms in total.